The zero-order chi connectivity index (χ0) is 16.9. The number of nitrogens with zero attached hydrogens (tertiary/aromatic N) is 1. The maximum atomic E-state index is 12.5. The topological polar surface area (TPSA) is 40.5 Å². The first-order valence-electron chi connectivity index (χ1n) is 8.37. The first-order valence-corrected chi connectivity index (χ1v) is 9.36. The number of thioether (sulfide) groups is 1. The van der Waals surface area contributed by atoms with Crippen LogP contribution in [0.3, 0.4) is 0 Å². The van der Waals surface area contributed by atoms with Crippen molar-refractivity contribution in [3.63, 3.8) is 0 Å². The van der Waals surface area contributed by atoms with Gasteiger partial charge in [0.1, 0.15) is 0 Å². The van der Waals surface area contributed by atoms with E-state index in [0.717, 1.165) is 24.3 Å². The average Bonchev–Trinajstić information content (AvgIpc) is 3.11. The smallest absolute Gasteiger partial charge is 0.253 e. The van der Waals surface area contributed by atoms with Gasteiger partial charge in [0.05, 0.1) is 6.10 Å². The summed E-state index contributed by atoms with van der Waals surface area (Å²) in [5.74, 6) is 1.20. The van der Waals surface area contributed by atoms with Gasteiger partial charge in [-0.2, -0.15) is 0 Å². The predicted octanol–water partition coefficient (Wildman–Crippen LogP) is 3.82. The van der Waals surface area contributed by atoms with E-state index in [0.29, 0.717) is 6.54 Å². The van der Waals surface area contributed by atoms with Crippen molar-refractivity contribution in [3.8, 4) is 0 Å². The Labute approximate surface area is 147 Å². The molecule has 1 N–H and O–H groups in total. The molecule has 1 aliphatic rings. The van der Waals surface area contributed by atoms with E-state index in [4.69, 9.17) is 0 Å². The largest absolute Gasteiger partial charge is 0.393 e. The Balaban J connectivity index is 1.57. The van der Waals surface area contributed by atoms with Gasteiger partial charge in [0.25, 0.3) is 5.91 Å². The van der Waals surface area contributed by atoms with Crippen molar-refractivity contribution in [1.29, 1.82) is 0 Å². The zero-order valence-corrected chi connectivity index (χ0v) is 14.7. The van der Waals surface area contributed by atoms with Crippen LogP contribution in [0.2, 0.25) is 0 Å². The molecule has 3 rings (SSSR count). The summed E-state index contributed by atoms with van der Waals surface area (Å²) in [7, 11) is 0. The highest BCUT2D eigenvalue weighted by molar-refractivity contribution is 7.98. The van der Waals surface area contributed by atoms with Crippen LogP contribution in [0.4, 0.5) is 0 Å². The molecule has 0 spiro atoms. The van der Waals surface area contributed by atoms with Crippen LogP contribution < -0.4 is 0 Å². The van der Waals surface area contributed by atoms with Crippen molar-refractivity contribution in [2.24, 2.45) is 5.92 Å². The molecule has 3 nitrogen and oxygen atoms in total. The Morgan fingerprint density at radius 1 is 1.21 bits per heavy atom. The Kier molecular flexibility index (Phi) is 5.59. The first kappa shape index (κ1) is 17.1. The lowest BCUT2D eigenvalue weighted by Crippen LogP contribution is -2.30. The number of hydrogen-bond donors (Lipinski definition) is 1. The Bertz CT molecular complexity index is 670. The third-order valence-corrected chi connectivity index (χ3v) is 5.63. The third kappa shape index (κ3) is 4.19. The van der Waals surface area contributed by atoms with Gasteiger partial charge in [0.2, 0.25) is 0 Å². The van der Waals surface area contributed by atoms with E-state index >= 15 is 0 Å². The summed E-state index contributed by atoms with van der Waals surface area (Å²) >= 11 is 1.77. The molecule has 2 atom stereocenters. The van der Waals surface area contributed by atoms with Crippen LogP contribution in [0.1, 0.15) is 29.3 Å². The highest BCUT2D eigenvalue weighted by atomic mass is 32.2. The van der Waals surface area contributed by atoms with Crippen LogP contribution in [0, 0.1) is 5.92 Å². The molecule has 24 heavy (non-hydrogen) atoms. The van der Waals surface area contributed by atoms with E-state index in [9.17, 15) is 9.90 Å². The van der Waals surface area contributed by atoms with Crippen molar-refractivity contribution >= 4 is 17.7 Å². The molecule has 2 unspecified atom stereocenters. The highest BCUT2D eigenvalue weighted by Crippen LogP contribution is 2.25. The van der Waals surface area contributed by atoms with E-state index in [1.807, 2.05) is 47.4 Å². The molecular weight excluding hydrogens is 318 g/mol. The lowest BCUT2D eigenvalue weighted by atomic mass is 10.0. The zero-order valence-electron chi connectivity index (χ0n) is 13.9. The second-order valence-corrected chi connectivity index (χ2v) is 7.39. The van der Waals surface area contributed by atoms with Gasteiger partial charge >= 0.3 is 0 Å². The maximum absolute atomic E-state index is 12.5. The Morgan fingerprint density at radius 3 is 2.54 bits per heavy atom. The van der Waals surface area contributed by atoms with Crippen molar-refractivity contribution in [3.05, 3.63) is 65.7 Å². The summed E-state index contributed by atoms with van der Waals surface area (Å²) in [4.78, 5) is 15.6. The molecule has 0 aliphatic carbocycles. The van der Waals surface area contributed by atoms with Gasteiger partial charge < -0.3 is 10.0 Å². The number of rotatable bonds is 5. The van der Waals surface area contributed by atoms with Crippen LogP contribution in [-0.4, -0.2) is 35.1 Å². The van der Waals surface area contributed by atoms with Gasteiger partial charge in [-0.05, 0) is 43.2 Å². The molecule has 0 radical (unpaired) electrons. The van der Waals surface area contributed by atoms with E-state index in [-0.39, 0.29) is 17.9 Å². The molecule has 1 saturated heterocycles. The van der Waals surface area contributed by atoms with Gasteiger partial charge in [0.15, 0.2) is 0 Å². The van der Waals surface area contributed by atoms with Gasteiger partial charge in [-0.15, -0.1) is 11.8 Å². The van der Waals surface area contributed by atoms with Crippen molar-refractivity contribution in [1.82, 2.24) is 4.90 Å². The second kappa shape index (κ2) is 7.86. The fraction of sp³-hybridized carbons (Fsp3) is 0.350. The van der Waals surface area contributed by atoms with E-state index in [2.05, 4.69) is 12.1 Å². The van der Waals surface area contributed by atoms with Crippen LogP contribution in [-0.2, 0) is 5.75 Å². The number of carbonyl (C=O) groups is 1. The minimum atomic E-state index is -0.348. The molecule has 0 bridgehead atoms. The number of likely N-dealkylation sites (tertiary alicyclic amines) is 1. The first-order chi connectivity index (χ1) is 11.6. The molecule has 1 fully saturated rings. The molecular formula is C20H23NO2S. The number of aliphatic hydroxyl groups is 1. The SMILES string of the molecule is CC(O)C1CCN(C(=O)c2ccc(SCc3ccccc3)cc2)C1. The van der Waals surface area contributed by atoms with Gasteiger partial charge in [-0.1, -0.05) is 30.3 Å². The van der Waals surface area contributed by atoms with Crippen molar-refractivity contribution in [2.75, 3.05) is 13.1 Å². The maximum Gasteiger partial charge on any atom is 0.253 e. The molecule has 1 heterocycles. The van der Waals surface area contributed by atoms with Crippen LogP contribution >= 0.6 is 11.8 Å². The van der Waals surface area contributed by atoms with Gasteiger partial charge in [-0.3, -0.25) is 4.79 Å². The Hall–Kier alpha value is -1.78. The van der Waals surface area contributed by atoms with E-state index in [1.165, 1.54) is 10.5 Å². The molecule has 4 heteroatoms. The summed E-state index contributed by atoms with van der Waals surface area (Å²) in [5, 5.41) is 9.67. The molecule has 2 aromatic rings. The quantitative estimate of drug-likeness (QED) is 0.841. The average molecular weight is 341 g/mol. The van der Waals surface area contributed by atoms with Crippen molar-refractivity contribution in [2.45, 2.75) is 30.1 Å². The number of carbonyl (C=O) groups excluding carboxylic acids is 1. The monoisotopic (exact) mass is 341 g/mol. The predicted molar refractivity (Wildman–Crippen MR) is 98.1 cm³/mol. The number of benzene rings is 2. The highest BCUT2D eigenvalue weighted by Gasteiger charge is 2.29. The lowest BCUT2D eigenvalue weighted by molar-refractivity contribution is 0.0762. The van der Waals surface area contributed by atoms with E-state index in [1.54, 1.807) is 18.7 Å². The standard InChI is InChI=1S/C20H23NO2S/c1-15(22)18-11-12-21(13-18)20(23)17-7-9-19(10-8-17)24-14-16-5-3-2-4-6-16/h2-10,15,18,22H,11-14H2,1H3. The normalized spacial score (nSPS) is 18.6. The number of hydrogen-bond acceptors (Lipinski definition) is 3. The lowest BCUT2D eigenvalue weighted by Gasteiger charge is -2.18. The summed E-state index contributed by atoms with van der Waals surface area (Å²) < 4.78 is 0. The van der Waals surface area contributed by atoms with Crippen LogP contribution in [0.25, 0.3) is 0 Å². The summed E-state index contributed by atoms with van der Waals surface area (Å²) in [6.07, 6.45) is 0.536. The number of amides is 1. The van der Waals surface area contributed by atoms with Crippen LogP contribution in [0.15, 0.2) is 59.5 Å². The van der Waals surface area contributed by atoms with Crippen LogP contribution in [0.5, 0.6) is 0 Å². The van der Waals surface area contributed by atoms with E-state index < -0.39 is 0 Å². The summed E-state index contributed by atoms with van der Waals surface area (Å²) in [6.45, 7) is 3.19. The molecule has 1 amide bonds. The Morgan fingerprint density at radius 2 is 1.92 bits per heavy atom. The molecule has 0 saturated carbocycles. The fourth-order valence-electron chi connectivity index (χ4n) is 2.98. The third-order valence-electron chi connectivity index (χ3n) is 4.54. The van der Waals surface area contributed by atoms with Gasteiger partial charge in [-0.25, -0.2) is 0 Å². The molecule has 2 aromatic carbocycles. The fourth-order valence-corrected chi connectivity index (χ4v) is 3.84. The van der Waals surface area contributed by atoms with Gasteiger partial charge in [0, 0.05) is 35.2 Å². The second-order valence-electron chi connectivity index (χ2n) is 6.34. The molecule has 0 aromatic heterocycles. The minimum Gasteiger partial charge on any atom is -0.393 e. The summed E-state index contributed by atoms with van der Waals surface area (Å²) in [6, 6.07) is 18.2. The number of aliphatic hydroxyl groups excluding tert-OH is 1. The molecule has 126 valence electrons. The minimum absolute atomic E-state index is 0.0674. The summed E-state index contributed by atoms with van der Waals surface area (Å²) in [5.41, 5.74) is 2.02. The van der Waals surface area contributed by atoms with Crippen molar-refractivity contribution < 1.29 is 9.90 Å². The molecule has 1 aliphatic heterocycles.